The number of hydrogen-bond acceptors (Lipinski definition) is 3. The summed E-state index contributed by atoms with van der Waals surface area (Å²) in [6.45, 7) is 0. The van der Waals surface area contributed by atoms with Crippen LogP contribution in [0.15, 0.2) is 65.7 Å². The number of thiophene rings is 1. The van der Waals surface area contributed by atoms with Gasteiger partial charge in [0.2, 0.25) is 0 Å². The van der Waals surface area contributed by atoms with Crippen molar-refractivity contribution >= 4 is 34.8 Å². The van der Waals surface area contributed by atoms with Gasteiger partial charge in [0, 0.05) is 21.7 Å². The maximum Gasteiger partial charge on any atom is 0.180 e. The van der Waals surface area contributed by atoms with Gasteiger partial charge in [-0.2, -0.15) is 0 Å². The monoisotopic (exact) mass is 313 g/mol. The molecule has 1 aromatic heterocycles. The summed E-state index contributed by atoms with van der Waals surface area (Å²) in [7, 11) is 0. The van der Waals surface area contributed by atoms with E-state index in [9.17, 15) is 5.11 Å². The van der Waals surface area contributed by atoms with Crippen molar-refractivity contribution in [3.8, 4) is 15.5 Å². The topological polar surface area (TPSA) is 32.6 Å². The molecule has 4 heteroatoms. The van der Waals surface area contributed by atoms with Crippen LogP contribution < -0.4 is 0 Å². The molecule has 3 aromatic rings. The molecule has 0 amide bonds. The van der Waals surface area contributed by atoms with Gasteiger partial charge in [0.25, 0.3) is 0 Å². The smallest absolute Gasteiger partial charge is 0.180 e. The molecule has 1 N–H and O–H groups in total. The number of rotatable bonds is 3. The first-order chi connectivity index (χ1) is 10.2. The van der Waals surface area contributed by atoms with Crippen LogP contribution in [0.25, 0.3) is 10.4 Å². The largest absolute Gasteiger partial charge is 0.499 e. The number of benzene rings is 2. The molecule has 0 fully saturated rings. The molecule has 0 atom stereocenters. The van der Waals surface area contributed by atoms with E-state index in [1.165, 1.54) is 11.3 Å². The number of aliphatic imine (C=N–C) groups is 1. The van der Waals surface area contributed by atoms with Crippen LogP contribution in [0.1, 0.15) is 5.56 Å². The zero-order valence-corrected chi connectivity index (χ0v) is 12.6. The zero-order valence-electron chi connectivity index (χ0n) is 11.0. The van der Waals surface area contributed by atoms with Gasteiger partial charge in [0.05, 0.1) is 5.69 Å². The van der Waals surface area contributed by atoms with Crippen molar-refractivity contribution in [3.05, 3.63) is 71.2 Å². The van der Waals surface area contributed by atoms with Crippen LogP contribution in [0.2, 0.25) is 5.02 Å². The SMILES string of the molecule is Oc1sc(-c2ccccc2)cc1C=Nc1ccc(Cl)cc1. The molecule has 0 unspecified atom stereocenters. The predicted molar refractivity (Wildman–Crippen MR) is 90.1 cm³/mol. The van der Waals surface area contributed by atoms with E-state index in [4.69, 9.17) is 11.6 Å². The average Bonchev–Trinajstić information content (AvgIpc) is 2.89. The Labute approximate surface area is 132 Å². The van der Waals surface area contributed by atoms with Gasteiger partial charge in [0.1, 0.15) is 0 Å². The lowest BCUT2D eigenvalue weighted by molar-refractivity contribution is 0.490. The number of nitrogens with zero attached hydrogens (tertiary/aromatic N) is 1. The quantitative estimate of drug-likeness (QED) is 0.634. The van der Waals surface area contributed by atoms with E-state index in [-0.39, 0.29) is 5.06 Å². The second-order valence-electron chi connectivity index (χ2n) is 4.47. The van der Waals surface area contributed by atoms with Crippen molar-refractivity contribution in [2.24, 2.45) is 4.99 Å². The number of halogens is 1. The van der Waals surface area contributed by atoms with Crippen molar-refractivity contribution < 1.29 is 5.11 Å². The molecule has 0 bridgehead atoms. The summed E-state index contributed by atoms with van der Waals surface area (Å²) in [4.78, 5) is 5.37. The molecule has 0 aliphatic heterocycles. The second-order valence-corrected chi connectivity index (χ2v) is 5.94. The van der Waals surface area contributed by atoms with Crippen LogP contribution in [0.3, 0.4) is 0 Å². The molecule has 0 aliphatic rings. The molecule has 2 aromatic carbocycles. The van der Waals surface area contributed by atoms with Crippen molar-refractivity contribution in [1.82, 2.24) is 0 Å². The first-order valence-electron chi connectivity index (χ1n) is 6.40. The Balaban J connectivity index is 1.86. The lowest BCUT2D eigenvalue weighted by Gasteiger charge is -1.94. The third-order valence-electron chi connectivity index (χ3n) is 2.98. The molecule has 104 valence electrons. The summed E-state index contributed by atoms with van der Waals surface area (Å²) in [6.07, 6.45) is 1.67. The fourth-order valence-corrected chi connectivity index (χ4v) is 2.91. The van der Waals surface area contributed by atoms with Gasteiger partial charge in [-0.1, -0.05) is 53.3 Å². The summed E-state index contributed by atoms with van der Waals surface area (Å²) in [5.74, 6) is 0. The minimum atomic E-state index is 0.270. The van der Waals surface area contributed by atoms with Gasteiger partial charge in [-0.25, -0.2) is 0 Å². The van der Waals surface area contributed by atoms with Crippen molar-refractivity contribution in [2.75, 3.05) is 0 Å². The molecule has 0 saturated heterocycles. The van der Waals surface area contributed by atoms with Crippen LogP contribution >= 0.6 is 22.9 Å². The maximum atomic E-state index is 10.0. The lowest BCUT2D eigenvalue weighted by atomic mass is 10.2. The highest BCUT2D eigenvalue weighted by Gasteiger charge is 2.07. The third kappa shape index (κ3) is 3.32. The Morgan fingerprint density at radius 3 is 2.43 bits per heavy atom. The van der Waals surface area contributed by atoms with E-state index < -0.39 is 0 Å². The number of hydrogen-bond donors (Lipinski definition) is 1. The molecule has 0 spiro atoms. The molecule has 2 nitrogen and oxygen atoms in total. The van der Waals surface area contributed by atoms with Crippen LogP contribution in [0, 0.1) is 0 Å². The van der Waals surface area contributed by atoms with Crippen LogP contribution in [0.4, 0.5) is 5.69 Å². The van der Waals surface area contributed by atoms with Crippen molar-refractivity contribution in [2.45, 2.75) is 0 Å². The van der Waals surface area contributed by atoms with Crippen LogP contribution in [-0.4, -0.2) is 11.3 Å². The van der Waals surface area contributed by atoms with Gasteiger partial charge in [0.15, 0.2) is 5.06 Å². The summed E-state index contributed by atoms with van der Waals surface area (Å²) in [6, 6.07) is 19.2. The molecule has 1 heterocycles. The molecule has 0 aliphatic carbocycles. The number of aromatic hydroxyl groups is 1. The highest BCUT2D eigenvalue weighted by atomic mass is 35.5. The van der Waals surface area contributed by atoms with E-state index in [0.29, 0.717) is 10.6 Å². The normalized spacial score (nSPS) is 11.1. The fourth-order valence-electron chi connectivity index (χ4n) is 1.90. The molecular weight excluding hydrogens is 302 g/mol. The van der Waals surface area contributed by atoms with E-state index in [1.54, 1.807) is 18.3 Å². The van der Waals surface area contributed by atoms with Gasteiger partial charge >= 0.3 is 0 Å². The minimum Gasteiger partial charge on any atom is -0.499 e. The van der Waals surface area contributed by atoms with Crippen molar-refractivity contribution in [1.29, 1.82) is 0 Å². The summed E-state index contributed by atoms with van der Waals surface area (Å²) < 4.78 is 0. The molecule has 0 saturated carbocycles. The molecular formula is C17H12ClNOS. The average molecular weight is 314 g/mol. The predicted octanol–water partition coefficient (Wildman–Crippen LogP) is 5.52. The fraction of sp³-hybridized carbons (Fsp3) is 0. The van der Waals surface area contributed by atoms with Gasteiger partial charge in [-0.3, -0.25) is 4.99 Å². The zero-order chi connectivity index (χ0) is 14.7. The standard InChI is InChI=1S/C17H12ClNOS/c18-14-6-8-15(9-7-14)19-11-13-10-16(21-17(13)20)12-4-2-1-3-5-12/h1-11,20H. The van der Waals surface area contributed by atoms with E-state index in [2.05, 4.69) is 4.99 Å². The summed E-state index contributed by atoms with van der Waals surface area (Å²) >= 11 is 7.18. The molecule has 3 rings (SSSR count). The lowest BCUT2D eigenvalue weighted by Crippen LogP contribution is -1.76. The first kappa shape index (κ1) is 13.9. The third-order valence-corrected chi connectivity index (χ3v) is 4.23. The molecule has 21 heavy (non-hydrogen) atoms. The summed E-state index contributed by atoms with van der Waals surface area (Å²) in [5, 5.41) is 11.0. The molecule has 0 radical (unpaired) electrons. The highest BCUT2D eigenvalue weighted by Crippen LogP contribution is 2.35. The van der Waals surface area contributed by atoms with Crippen LogP contribution in [-0.2, 0) is 0 Å². The Kier molecular flexibility index (Phi) is 4.04. The Bertz CT molecular complexity index is 763. The minimum absolute atomic E-state index is 0.270. The van der Waals surface area contributed by atoms with Crippen LogP contribution in [0.5, 0.6) is 5.06 Å². The van der Waals surface area contributed by atoms with E-state index >= 15 is 0 Å². The Morgan fingerprint density at radius 1 is 1.00 bits per heavy atom. The first-order valence-corrected chi connectivity index (χ1v) is 7.60. The second kappa shape index (κ2) is 6.12. The van der Waals surface area contributed by atoms with Gasteiger partial charge < -0.3 is 5.11 Å². The maximum absolute atomic E-state index is 10.0. The van der Waals surface area contributed by atoms with Gasteiger partial charge in [-0.15, -0.1) is 0 Å². The van der Waals surface area contributed by atoms with E-state index in [0.717, 1.165) is 16.1 Å². The Hall–Kier alpha value is -2.10. The Morgan fingerprint density at radius 2 is 1.71 bits per heavy atom. The van der Waals surface area contributed by atoms with Crippen molar-refractivity contribution in [3.63, 3.8) is 0 Å². The summed E-state index contributed by atoms with van der Waals surface area (Å²) in [5.41, 5.74) is 2.60. The van der Waals surface area contributed by atoms with Gasteiger partial charge in [-0.05, 0) is 35.9 Å². The highest BCUT2D eigenvalue weighted by molar-refractivity contribution is 7.17. The van der Waals surface area contributed by atoms with E-state index in [1.807, 2.05) is 48.5 Å².